The van der Waals surface area contributed by atoms with Crippen molar-refractivity contribution >= 4 is 5.91 Å². The molecular weight excluding hydrogens is 274 g/mol. The van der Waals surface area contributed by atoms with Gasteiger partial charge in [0.25, 0.3) is 5.91 Å². The Kier molecular flexibility index (Phi) is 4.91. The van der Waals surface area contributed by atoms with Gasteiger partial charge in [0.05, 0.1) is 25.5 Å². The summed E-state index contributed by atoms with van der Waals surface area (Å²) in [7, 11) is 1.58. The Morgan fingerprint density at radius 2 is 2.29 bits per heavy atom. The van der Waals surface area contributed by atoms with Crippen LogP contribution in [0.2, 0.25) is 0 Å². The first kappa shape index (κ1) is 15.0. The van der Waals surface area contributed by atoms with Crippen molar-refractivity contribution < 1.29 is 19.7 Å². The summed E-state index contributed by atoms with van der Waals surface area (Å²) in [6, 6.07) is 8.93. The van der Waals surface area contributed by atoms with Crippen LogP contribution in [0.5, 0.6) is 5.75 Å². The number of aliphatic hydroxyl groups excluding tert-OH is 2. The lowest BCUT2D eigenvalue weighted by atomic mass is 10.1. The minimum absolute atomic E-state index is 0.0250. The number of aromatic nitrogens is 2. The molecular formula is C14H17N3O4. The molecule has 1 amide bonds. The van der Waals surface area contributed by atoms with E-state index in [-0.39, 0.29) is 12.2 Å². The van der Waals surface area contributed by atoms with E-state index in [0.717, 1.165) is 5.56 Å². The van der Waals surface area contributed by atoms with Gasteiger partial charge >= 0.3 is 0 Å². The standard InChI is InChI=1S/C14H17N3O4/c1-21-11-4-2-3-9(5-11)12-6-13(17-16-12)14(20)15-7-10(19)8-18/h2-6,10,18-19H,7-8H2,1H3,(H,15,20)(H,16,17)/t10-/m0/s1. The van der Waals surface area contributed by atoms with Gasteiger partial charge in [0.15, 0.2) is 0 Å². The fraction of sp³-hybridized carbons (Fsp3) is 0.286. The Hall–Kier alpha value is -2.38. The summed E-state index contributed by atoms with van der Waals surface area (Å²) in [5.74, 6) is 0.303. The van der Waals surface area contributed by atoms with Gasteiger partial charge in [0, 0.05) is 12.1 Å². The van der Waals surface area contributed by atoms with Crippen LogP contribution in [-0.4, -0.2) is 52.7 Å². The highest BCUT2D eigenvalue weighted by Crippen LogP contribution is 2.22. The number of carbonyl (C=O) groups is 1. The van der Waals surface area contributed by atoms with E-state index in [2.05, 4.69) is 15.5 Å². The molecule has 0 spiro atoms. The summed E-state index contributed by atoms with van der Waals surface area (Å²) >= 11 is 0. The molecule has 0 saturated carbocycles. The lowest BCUT2D eigenvalue weighted by Gasteiger charge is -2.07. The third kappa shape index (κ3) is 3.80. The Morgan fingerprint density at radius 1 is 1.48 bits per heavy atom. The predicted octanol–water partition coefficient (Wildman–Crippen LogP) is 0.168. The first-order chi connectivity index (χ1) is 10.1. The number of methoxy groups -OCH3 is 1. The van der Waals surface area contributed by atoms with Crippen LogP contribution in [0.3, 0.4) is 0 Å². The molecule has 0 aliphatic carbocycles. The second-order valence-electron chi connectivity index (χ2n) is 4.45. The Labute approximate surface area is 121 Å². The normalized spacial score (nSPS) is 12.0. The van der Waals surface area contributed by atoms with Crippen molar-refractivity contribution in [3.8, 4) is 17.0 Å². The van der Waals surface area contributed by atoms with E-state index in [1.54, 1.807) is 13.2 Å². The topological polar surface area (TPSA) is 107 Å². The largest absolute Gasteiger partial charge is 0.497 e. The number of amides is 1. The lowest BCUT2D eigenvalue weighted by Crippen LogP contribution is -2.34. The Balaban J connectivity index is 2.08. The molecule has 4 N–H and O–H groups in total. The van der Waals surface area contributed by atoms with Crippen LogP contribution in [0, 0.1) is 0 Å². The number of H-pyrrole nitrogens is 1. The van der Waals surface area contributed by atoms with Crippen molar-refractivity contribution in [3.63, 3.8) is 0 Å². The van der Waals surface area contributed by atoms with Crippen molar-refractivity contribution in [3.05, 3.63) is 36.0 Å². The van der Waals surface area contributed by atoms with Gasteiger partial charge in [-0.05, 0) is 18.2 Å². The van der Waals surface area contributed by atoms with Crippen LogP contribution in [0.4, 0.5) is 0 Å². The zero-order valence-electron chi connectivity index (χ0n) is 11.5. The molecule has 0 bridgehead atoms. The molecule has 112 valence electrons. The minimum Gasteiger partial charge on any atom is -0.497 e. The van der Waals surface area contributed by atoms with Gasteiger partial charge in [0.1, 0.15) is 11.4 Å². The Morgan fingerprint density at radius 3 is 3.00 bits per heavy atom. The van der Waals surface area contributed by atoms with Crippen LogP contribution < -0.4 is 10.1 Å². The third-order valence-electron chi connectivity index (χ3n) is 2.90. The summed E-state index contributed by atoms with van der Waals surface area (Å²) in [6.07, 6.45) is -0.977. The molecule has 0 fully saturated rings. The number of hydrogen-bond acceptors (Lipinski definition) is 5. The van der Waals surface area contributed by atoms with Gasteiger partial charge < -0.3 is 20.3 Å². The first-order valence-electron chi connectivity index (χ1n) is 6.41. The van der Waals surface area contributed by atoms with Gasteiger partial charge in [-0.15, -0.1) is 0 Å². The summed E-state index contributed by atoms with van der Waals surface area (Å²) in [6.45, 7) is -0.429. The maximum atomic E-state index is 11.8. The molecule has 0 saturated heterocycles. The number of aromatic amines is 1. The molecule has 0 radical (unpaired) electrons. The number of nitrogens with zero attached hydrogens (tertiary/aromatic N) is 1. The maximum absolute atomic E-state index is 11.8. The van der Waals surface area contributed by atoms with E-state index in [0.29, 0.717) is 11.4 Å². The molecule has 2 rings (SSSR count). The number of hydrogen-bond donors (Lipinski definition) is 4. The van der Waals surface area contributed by atoms with Gasteiger partial charge in [-0.25, -0.2) is 0 Å². The molecule has 1 atom stereocenters. The molecule has 1 aromatic heterocycles. The average molecular weight is 291 g/mol. The number of benzene rings is 1. The third-order valence-corrected chi connectivity index (χ3v) is 2.90. The highest BCUT2D eigenvalue weighted by Gasteiger charge is 2.12. The van der Waals surface area contributed by atoms with E-state index in [9.17, 15) is 9.90 Å². The minimum atomic E-state index is -0.977. The SMILES string of the molecule is COc1cccc(-c2cc(C(=O)NC[C@H](O)CO)[nH]n2)c1. The van der Waals surface area contributed by atoms with Crippen molar-refractivity contribution in [2.75, 3.05) is 20.3 Å². The number of nitrogens with one attached hydrogen (secondary N) is 2. The second kappa shape index (κ2) is 6.87. The highest BCUT2D eigenvalue weighted by molar-refractivity contribution is 5.93. The van der Waals surface area contributed by atoms with Gasteiger partial charge in [-0.1, -0.05) is 12.1 Å². The van der Waals surface area contributed by atoms with E-state index >= 15 is 0 Å². The summed E-state index contributed by atoms with van der Waals surface area (Å²) in [4.78, 5) is 11.8. The van der Waals surface area contributed by atoms with E-state index < -0.39 is 18.6 Å². The summed E-state index contributed by atoms with van der Waals surface area (Å²) in [5.41, 5.74) is 1.71. The fourth-order valence-corrected chi connectivity index (χ4v) is 1.74. The molecule has 21 heavy (non-hydrogen) atoms. The van der Waals surface area contributed by atoms with Crippen molar-refractivity contribution in [1.29, 1.82) is 0 Å². The van der Waals surface area contributed by atoms with Crippen LogP contribution in [0.15, 0.2) is 30.3 Å². The quantitative estimate of drug-likeness (QED) is 0.607. The zero-order chi connectivity index (χ0) is 15.2. The maximum Gasteiger partial charge on any atom is 0.269 e. The highest BCUT2D eigenvalue weighted by atomic mass is 16.5. The van der Waals surface area contributed by atoms with Crippen LogP contribution in [0.25, 0.3) is 11.3 Å². The first-order valence-corrected chi connectivity index (χ1v) is 6.41. The van der Waals surface area contributed by atoms with Gasteiger partial charge in [-0.3, -0.25) is 9.89 Å². The molecule has 2 aromatic rings. The molecule has 7 heteroatoms. The molecule has 1 heterocycles. The monoisotopic (exact) mass is 291 g/mol. The molecule has 7 nitrogen and oxygen atoms in total. The lowest BCUT2D eigenvalue weighted by molar-refractivity contribution is 0.0799. The van der Waals surface area contributed by atoms with Gasteiger partial charge in [0.2, 0.25) is 0 Å². The Bertz CT molecular complexity index is 612. The van der Waals surface area contributed by atoms with Crippen molar-refractivity contribution in [1.82, 2.24) is 15.5 Å². The van der Waals surface area contributed by atoms with Crippen LogP contribution in [-0.2, 0) is 0 Å². The van der Waals surface area contributed by atoms with E-state index in [4.69, 9.17) is 9.84 Å². The van der Waals surface area contributed by atoms with E-state index in [1.807, 2.05) is 24.3 Å². The zero-order valence-corrected chi connectivity index (χ0v) is 11.5. The van der Waals surface area contributed by atoms with E-state index in [1.165, 1.54) is 0 Å². The summed E-state index contributed by atoms with van der Waals surface area (Å²) in [5, 5.41) is 27.1. The van der Waals surface area contributed by atoms with Crippen LogP contribution >= 0.6 is 0 Å². The predicted molar refractivity (Wildman–Crippen MR) is 76.0 cm³/mol. The average Bonchev–Trinajstić information content (AvgIpc) is 3.02. The number of carbonyl (C=O) groups excluding carboxylic acids is 1. The second-order valence-corrected chi connectivity index (χ2v) is 4.45. The smallest absolute Gasteiger partial charge is 0.269 e. The number of rotatable bonds is 6. The summed E-state index contributed by atoms with van der Waals surface area (Å²) < 4.78 is 5.14. The number of aliphatic hydroxyl groups is 2. The molecule has 0 aliphatic rings. The molecule has 0 aliphatic heterocycles. The number of ether oxygens (including phenoxy) is 1. The van der Waals surface area contributed by atoms with Crippen molar-refractivity contribution in [2.45, 2.75) is 6.10 Å². The van der Waals surface area contributed by atoms with Crippen LogP contribution in [0.1, 0.15) is 10.5 Å². The van der Waals surface area contributed by atoms with Crippen molar-refractivity contribution in [2.24, 2.45) is 0 Å². The van der Waals surface area contributed by atoms with Gasteiger partial charge in [-0.2, -0.15) is 5.10 Å². The molecule has 0 unspecified atom stereocenters. The molecule has 1 aromatic carbocycles. The fourth-order valence-electron chi connectivity index (χ4n) is 1.74.